The van der Waals surface area contributed by atoms with Crippen molar-refractivity contribution in [1.82, 2.24) is 10.2 Å². The van der Waals surface area contributed by atoms with Crippen LogP contribution in [-0.2, 0) is 26.2 Å². The van der Waals surface area contributed by atoms with Gasteiger partial charge >= 0.3 is 0 Å². The third-order valence-corrected chi connectivity index (χ3v) is 8.92. The van der Waals surface area contributed by atoms with E-state index in [0.717, 1.165) is 16.4 Å². The predicted octanol–water partition coefficient (Wildman–Crippen LogP) is 6.06. The van der Waals surface area contributed by atoms with Crippen LogP contribution in [-0.4, -0.2) is 50.9 Å². The summed E-state index contributed by atoms with van der Waals surface area (Å²) < 4.78 is 47.9. The van der Waals surface area contributed by atoms with Crippen LogP contribution in [0.3, 0.4) is 0 Å². The standard InChI is InChI=1S/C30H34Cl2FN3O5S/c1-4-17-34-30(38)28(5-2)35(19-21-7-16-26(31)27(32)18-21)29(37)20-36(23-10-8-22(33)9-11-23)42(39,40)25-14-12-24(13-15-25)41-6-3/h7-16,18,28H,4-6,17,19-20H2,1-3H3,(H,34,38)/t28-/m1/s1. The molecule has 0 aliphatic heterocycles. The number of amides is 2. The number of nitrogens with one attached hydrogen (secondary N) is 1. The first-order valence-corrected chi connectivity index (χ1v) is 15.7. The van der Waals surface area contributed by atoms with Crippen LogP contribution in [0.2, 0.25) is 10.0 Å². The first-order valence-electron chi connectivity index (χ1n) is 13.5. The van der Waals surface area contributed by atoms with Gasteiger partial charge in [0.1, 0.15) is 24.2 Å². The molecule has 12 heteroatoms. The molecule has 1 atom stereocenters. The Morgan fingerprint density at radius 2 is 1.62 bits per heavy atom. The second-order valence-corrected chi connectivity index (χ2v) is 12.1. The fourth-order valence-corrected chi connectivity index (χ4v) is 5.99. The summed E-state index contributed by atoms with van der Waals surface area (Å²) in [7, 11) is -4.31. The van der Waals surface area contributed by atoms with Gasteiger partial charge in [-0.15, -0.1) is 0 Å². The molecule has 42 heavy (non-hydrogen) atoms. The second kappa shape index (κ2) is 15.2. The quantitative estimate of drug-likeness (QED) is 0.232. The van der Waals surface area contributed by atoms with Gasteiger partial charge in [-0.3, -0.25) is 13.9 Å². The number of rotatable bonds is 14. The molecule has 3 aromatic carbocycles. The van der Waals surface area contributed by atoms with Gasteiger partial charge in [-0.2, -0.15) is 0 Å². The molecular formula is C30H34Cl2FN3O5S. The molecule has 0 aliphatic carbocycles. The monoisotopic (exact) mass is 637 g/mol. The van der Waals surface area contributed by atoms with Crippen LogP contribution in [0.15, 0.2) is 71.6 Å². The minimum absolute atomic E-state index is 0.0336. The summed E-state index contributed by atoms with van der Waals surface area (Å²) in [5, 5.41) is 3.43. The average Bonchev–Trinajstić information content (AvgIpc) is 2.97. The Hall–Kier alpha value is -3.34. The van der Waals surface area contributed by atoms with Crippen molar-refractivity contribution in [3.05, 3.63) is 88.2 Å². The zero-order valence-corrected chi connectivity index (χ0v) is 26.0. The van der Waals surface area contributed by atoms with E-state index in [4.69, 9.17) is 27.9 Å². The number of sulfonamides is 1. The van der Waals surface area contributed by atoms with Crippen molar-refractivity contribution < 1.29 is 27.1 Å². The zero-order valence-electron chi connectivity index (χ0n) is 23.6. The fraction of sp³-hybridized carbons (Fsp3) is 0.333. The second-order valence-electron chi connectivity index (χ2n) is 9.38. The molecule has 0 saturated carbocycles. The van der Waals surface area contributed by atoms with Crippen LogP contribution in [0.4, 0.5) is 10.1 Å². The lowest BCUT2D eigenvalue weighted by Crippen LogP contribution is -2.52. The van der Waals surface area contributed by atoms with Crippen LogP contribution < -0.4 is 14.4 Å². The van der Waals surface area contributed by atoms with E-state index in [1.54, 1.807) is 25.1 Å². The zero-order chi connectivity index (χ0) is 30.9. The Bertz CT molecular complexity index is 1470. The van der Waals surface area contributed by atoms with Gasteiger partial charge in [0.25, 0.3) is 10.0 Å². The SMILES string of the molecule is CCCNC(=O)[C@@H](CC)N(Cc1ccc(Cl)c(Cl)c1)C(=O)CN(c1ccc(F)cc1)S(=O)(=O)c1ccc(OCC)cc1. The Morgan fingerprint density at radius 3 is 2.19 bits per heavy atom. The molecule has 0 fully saturated rings. The van der Waals surface area contributed by atoms with Crippen LogP contribution in [0.1, 0.15) is 39.2 Å². The highest BCUT2D eigenvalue weighted by Crippen LogP contribution is 2.27. The van der Waals surface area contributed by atoms with Crippen molar-refractivity contribution in [2.75, 3.05) is 24.0 Å². The van der Waals surface area contributed by atoms with Gasteiger partial charge in [0, 0.05) is 13.1 Å². The van der Waals surface area contributed by atoms with Gasteiger partial charge in [0.2, 0.25) is 11.8 Å². The number of carbonyl (C=O) groups excluding carboxylic acids is 2. The third kappa shape index (κ3) is 8.36. The maximum atomic E-state index is 14.0. The first kappa shape index (κ1) is 33.2. The van der Waals surface area contributed by atoms with E-state index >= 15 is 0 Å². The molecule has 0 unspecified atom stereocenters. The maximum Gasteiger partial charge on any atom is 0.264 e. The van der Waals surface area contributed by atoms with Gasteiger partial charge in [0.05, 0.1) is 27.2 Å². The van der Waals surface area contributed by atoms with E-state index in [0.29, 0.717) is 35.9 Å². The van der Waals surface area contributed by atoms with E-state index in [-0.39, 0.29) is 34.5 Å². The lowest BCUT2D eigenvalue weighted by molar-refractivity contribution is -0.140. The first-order chi connectivity index (χ1) is 20.0. The van der Waals surface area contributed by atoms with Gasteiger partial charge in [-0.1, -0.05) is 43.1 Å². The molecule has 2 amide bonds. The number of halogens is 3. The van der Waals surface area contributed by atoms with Crippen LogP contribution >= 0.6 is 23.2 Å². The molecule has 0 bridgehead atoms. The normalized spacial score (nSPS) is 12.0. The predicted molar refractivity (Wildman–Crippen MR) is 163 cm³/mol. The van der Waals surface area contributed by atoms with Crippen molar-refractivity contribution in [3.63, 3.8) is 0 Å². The summed E-state index contributed by atoms with van der Waals surface area (Å²) >= 11 is 12.3. The van der Waals surface area contributed by atoms with E-state index in [9.17, 15) is 22.4 Å². The highest BCUT2D eigenvalue weighted by Gasteiger charge is 2.33. The molecule has 0 aromatic heterocycles. The Kier molecular flexibility index (Phi) is 12.0. The van der Waals surface area contributed by atoms with Crippen LogP contribution in [0.5, 0.6) is 5.75 Å². The number of carbonyl (C=O) groups is 2. The molecule has 0 radical (unpaired) electrons. The molecule has 3 aromatic rings. The van der Waals surface area contributed by atoms with E-state index in [1.807, 2.05) is 13.8 Å². The molecule has 226 valence electrons. The molecule has 1 N–H and O–H groups in total. The summed E-state index contributed by atoms with van der Waals surface area (Å²) in [4.78, 5) is 28.4. The number of nitrogens with zero attached hydrogens (tertiary/aromatic N) is 2. The van der Waals surface area contributed by atoms with Crippen molar-refractivity contribution in [3.8, 4) is 5.75 Å². The highest BCUT2D eigenvalue weighted by molar-refractivity contribution is 7.92. The summed E-state index contributed by atoms with van der Waals surface area (Å²) in [5.74, 6) is -1.09. The Balaban J connectivity index is 2.05. The molecule has 0 aliphatic rings. The molecule has 0 saturated heterocycles. The summed E-state index contributed by atoms with van der Waals surface area (Å²) in [6, 6.07) is 14.5. The smallest absolute Gasteiger partial charge is 0.264 e. The highest BCUT2D eigenvalue weighted by atomic mass is 35.5. The lowest BCUT2D eigenvalue weighted by atomic mass is 10.1. The minimum atomic E-state index is -4.31. The molecule has 8 nitrogen and oxygen atoms in total. The van der Waals surface area contributed by atoms with Crippen molar-refractivity contribution in [1.29, 1.82) is 0 Å². The maximum absolute atomic E-state index is 14.0. The number of anilines is 1. The topological polar surface area (TPSA) is 96.0 Å². The van der Waals surface area contributed by atoms with Gasteiger partial charge in [0.15, 0.2) is 0 Å². The van der Waals surface area contributed by atoms with Crippen molar-refractivity contribution in [2.45, 2.75) is 51.1 Å². The molecule has 0 spiro atoms. The Morgan fingerprint density at radius 1 is 0.952 bits per heavy atom. The fourth-order valence-electron chi connectivity index (χ4n) is 4.26. The van der Waals surface area contributed by atoms with Crippen LogP contribution in [0, 0.1) is 5.82 Å². The Labute approximate surface area is 256 Å². The average molecular weight is 639 g/mol. The third-order valence-electron chi connectivity index (χ3n) is 6.39. The molecule has 3 rings (SSSR count). The summed E-state index contributed by atoms with van der Waals surface area (Å²) in [6.07, 6.45) is 0.965. The van der Waals surface area contributed by atoms with Crippen molar-refractivity contribution in [2.24, 2.45) is 0 Å². The summed E-state index contributed by atoms with van der Waals surface area (Å²) in [5.41, 5.74) is 0.679. The van der Waals surface area contributed by atoms with Gasteiger partial charge in [-0.05, 0) is 86.0 Å². The van der Waals surface area contributed by atoms with Crippen molar-refractivity contribution >= 4 is 50.7 Å². The lowest BCUT2D eigenvalue weighted by Gasteiger charge is -2.33. The van der Waals surface area contributed by atoms with E-state index in [1.165, 1.54) is 41.3 Å². The number of benzene rings is 3. The van der Waals surface area contributed by atoms with Gasteiger partial charge < -0.3 is 15.0 Å². The van der Waals surface area contributed by atoms with Gasteiger partial charge in [-0.25, -0.2) is 12.8 Å². The molecule has 0 heterocycles. The molecular weight excluding hydrogens is 604 g/mol. The number of hydrogen-bond donors (Lipinski definition) is 1. The minimum Gasteiger partial charge on any atom is -0.494 e. The van der Waals surface area contributed by atoms with Crippen LogP contribution in [0.25, 0.3) is 0 Å². The largest absolute Gasteiger partial charge is 0.494 e. The summed E-state index contributed by atoms with van der Waals surface area (Å²) in [6.45, 7) is 5.61. The van der Waals surface area contributed by atoms with E-state index < -0.39 is 34.3 Å². The van der Waals surface area contributed by atoms with E-state index in [2.05, 4.69) is 5.32 Å². The number of ether oxygens (including phenoxy) is 1. The number of hydrogen-bond acceptors (Lipinski definition) is 5.